The number of ether oxygens (including phenoxy) is 1. The first-order chi connectivity index (χ1) is 11.7. The van der Waals surface area contributed by atoms with Gasteiger partial charge in [0.05, 0.1) is 18.5 Å². The van der Waals surface area contributed by atoms with Crippen LogP contribution in [0.15, 0.2) is 41.6 Å². The number of aromatic nitrogens is 4. The van der Waals surface area contributed by atoms with E-state index in [1.165, 1.54) is 0 Å². The van der Waals surface area contributed by atoms with Gasteiger partial charge < -0.3 is 4.74 Å². The Morgan fingerprint density at radius 3 is 3.08 bits per heavy atom. The molecule has 0 radical (unpaired) electrons. The van der Waals surface area contributed by atoms with Crippen molar-refractivity contribution in [1.82, 2.24) is 24.3 Å². The fourth-order valence-electron chi connectivity index (χ4n) is 3.10. The lowest BCUT2D eigenvalue weighted by Crippen LogP contribution is -2.32. The van der Waals surface area contributed by atoms with Crippen LogP contribution < -0.4 is 10.3 Å². The van der Waals surface area contributed by atoms with Crippen molar-refractivity contribution < 1.29 is 4.74 Å². The van der Waals surface area contributed by atoms with E-state index in [1.54, 1.807) is 30.1 Å². The van der Waals surface area contributed by atoms with Crippen molar-refractivity contribution in [2.45, 2.75) is 19.5 Å². The van der Waals surface area contributed by atoms with Crippen molar-refractivity contribution in [2.24, 2.45) is 0 Å². The summed E-state index contributed by atoms with van der Waals surface area (Å²) < 4.78 is 6.89. The highest BCUT2D eigenvalue weighted by molar-refractivity contribution is 5.38. The Hall–Kier alpha value is -2.80. The maximum Gasteiger partial charge on any atom is 0.258 e. The smallest absolute Gasteiger partial charge is 0.258 e. The lowest BCUT2D eigenvalue weighted by atomic mass is 10.1. The van der Waals surface area contributed by atoms with Gasteiger partial charge in [0.15, 0.2) is 0 Å². The minimum Gasteiger partial charge on any atom is -0.481 e. The summed E-state index contributed by atoms with van der Waals surface area (Å²) in [6.45, 7) is 2.16. The Morgan fingerprint density at radius 2 is 2.21 bits per heavy atom. The zero-order chi connectivity index (χ0) is 16.5. The third kappa shape index (κ3) is 2.63. The number of hydrogen-bond acceptors (Lipinski definition) is 6. The Bertz CT molecular complexity index is 939. The molecule has 1 aliphatic rings. The number of pyridine rings is 1. The predicted molar refractivity (Wildman–Crippen MR) is 87.9 cm³/mol. The van der Waals surface area contributed by atoms with Crippen LogP contribution >= 0.6 is 0 Å². The van der Waals surface area contributed by atoms with E-state index in [9.17, 15) is 4.79 Å². The van der Waals surface area contributed by atoms with E-state index in [0.29, 0.717) is 24.6 Å². The molecule has 0 saturated carbocycles. The number of methoxy groups -OCH3 is 1. The van der Waals surface area contributed by atoms with E-state index >= 15 is 0 Å². The van der Waals surface area contributed by atoms with Crippen LogP contribution in [0.1, 0.15) is 17.0 Å². The van der Waals surface area contributed by atoms with E-state index < -0.39 is 0 Å². The fourth-order valence-corrected chi connectivity index (χ4v) is 3.10. The molecule has 0 unspecified atom stereocenters. The highest BCUT2D eigenvalue weighted by Gasteiger charge is 2.22. The Labute approximate surface area is 138 Å². The molecule has 7 heteroatoms. The molecule has 0 bridgehead atoms. The molecular formula is C17H17N5O2. The monoisotopic (exact) mass is 323 g/mol. The second kappa shape index (κ2) is 6.01. The minimum absolute atomic E-state index is 0.0612. The summed E-state index contributed by atoms with van der Waals surface area (Å²) in [6.07, 6.45) is 4.10. The molecule has 24 heavy (non-hydrogen) atoms. The first-order valence-corrected chi connectivity index (χ1v) is 7.81. The minimum atomic E-state index is -0.0612. The number of hydrogen-bond donors (Lipinski definition) is 0. The number of nitrogens with zero attached hydrogens (tertiary/aromatic N) is 5. The van der Waals surface area contributed by atoms with Gasteiger partial charge in [0.2, 0.25) is 5.88 Å². The molecule has 4 rings (SSSR count). The van der Waals surface area contributed by atoms with Gasteiger partial charge in [0.1, 0.15) is 12.0 Å². The molecule has 0 amide bonds. The first-order valence-electron chi connectivity index (χ1n) is 7.81. The molecule has 3 aromatic rings. The summed E-state index contributed by atoms with van der Waals surface area (Å²) in [5, 5.41) is 0. The normalized spacial score (nSPS) is 14.5. The summed E-state index contributed by atoms with van der Waals surface area (Å²) in [5.41, 5.74) is 3.42. The Balaban J connectivity index is 1.61. The molecule has 0 spiro atoms. The molecule has 3 aromatic heterocycles. The van der Waals surface area contributed by atoms with Crippen molar-refractivity contribution in [3.8, 4) is 5.88 Å². The van der Waals surface area contributed by atoms with Gasteiger partial charge in [-0.1, -0.05) is 6.07 Å². The number of rotatable bonds is 3. The third-order valence-corrected chi connectivity index (χ3v) is 4.24. The van der Waals surface area contributed by atoms with Crippen LogP contribution in [0.4, 0.5) is 0 Å². The SMILES string of the molecule is COc1ncnc2c1CN(Cc1cc(=O)n3ccccc3n1)CC2. The van der Waals surface area contributed by atoms with E-state index in [1.807, 2.05) is 18.2 Å². The van der Waals surface area contributed by atoms with Crippen LogP contribution in [0.25, 0.3) is 5.65 Å². The second-order valence-corrected chi connectivity index (χ2v) is 5.78. The summed E-state index contributed by atoms with van der Waals surface area (Å²) in [4.78, 5) is 27.5. The van der Waals surface area contributed by atoms with Crippen LogP contribution in [0.2, 0.25) is 0 Å². The molecule has 0 atom stereocenters. The van der Waals surface area contributed by atoms with Crippen LogP contribution in [-0.2, 0) is 19.5 Å². The summed E-state index contributed by atoms with van der Waals surface area (Å²) >= 11 is 0. The predicted octanol–water partition coefficient (Wildman–Crippen LogP) is 1.05. The molecule has 4 heterocycles. The molecule has 7 nitrogen and oxygen atoms in total. The van der Waals surface area contributed by atoms with E-state index in [4.69, 9.17) is 4.74 Å². The quantitative estimate of drug-likeness (QED) is 0.717. The van der Waals surface area contributed by atoms with Gasteiger partial charge >= 0.3 is 0 Å². The largest absolute Gasteiger partial charge is 0.481 e. The Kier molecular flexibility index (Phi) is 3.70. The van der Waals surface area contributed by atoms with Gasteiger partial charge in [0.25, 0.3) is 5.56 Å². The molecule has 0 saturated heterocycles. The van der Waals surface area contributed by atoms with Crippen molar-refractivity contribution in [3.05, 3.63) is 64.1 Å². The lowest BCUT2D eigenvalue weighted by Gasteiger charge is -2.28. The lowest BCUT2D eigenvalue weighted by molar-refractivity contribution is 0.233. The number of fused-ring (bicyclic) bond motifs is 2. The second-order valence-electron chi connectivity index (χ2n) is 5.78. The van der Waals surface area contributed by atoms with Gasteiger partial charge in [-0.3, -0.25) is 14.1 Å². The summed E-state index contributed by atoms with van der Waals surface area (Å²) in [6, 6.07) is 7.14. The molecule has 0 aliphatic carbocycles. The van der Waals surface area contributed by atoms with Gasteiger partial charge in [0, 0.05) is 43.9 Å². The average Bonchev–Trinajstić information content (AvgIpc) is 2.61. The van der Waals surface area contributed by atoms with Gasteiger partial charge in [-0.05, 0) is 12.1 Å². The fraction of sp³-hybridized carbons (Fsp3) is 0.294. The standard InChI is InChI=1S/C17H17N5O2/c1-24-17-13-10-21(7-5-14(13)18-11-19-17)9-12-8-16(23)22-6-3-2-4-15(22)20-12/h2-4,6,8,11H,5,7,9-10H2,1H3. The van der Waals surface area contributed by atoms with E-state index in [-0.39, 0.29) is 5.56 Å². The highest BCUT2D eigenvalue weighted by Crippen LogP contribution is 2.24. The van der Waals surface area contributed by atoms with Crippen molar-refractivity contribution >= 4 is 5.65 Å². The molecule has 0 fully saturated rings. The summed E-state index contributed by atoms with van der Waals surface area (Å²) in [7, 11) is 1.62. The average molecular weight is 323 g/mol. The Morgan fingerprint density at radius 1 is 1.29 bits per heavy atom. The van der Waals surface area contributed by atoms with Crippen molar-refractivity contribution in [3.63, 3.8) is 0 Å². The van der Waals surface area contributed by atoms with Gasteiger partial charge in [-0.25, -0.2) is 15.0 Å². The first kappa shape index (κ1) is 14.8. The van der Waals surface area contributed by atoms with Crippen molar-refractivity contribution in [1.29, 1.82) is 0 Å². The highest BCUT2D eigenvalue weighted by atomic mass is 16.5. The molecule has 122 valence electrons. The van der Waals surface area contributed by atoms with Gasteiger partial charge in [-0.15, -0.1) is 0 Å². The molecular weight excluding hydrogens is 306 g/mol. The summed E-state index contributed by atoms with van der Waals surface area (Å²) in [5.74, 6) is 0.622. The zero-order valence-electron chi connectivity index (χ0n) is 13.3. The maximum absolute atomic E-state index is 12.2. The van der Waals surface area contributed by atoms with Gasteiger partial charge in [-0.2, -0.15) is 0 Å². The van der Waals surface area contributed by atoms with Crippen LogP contribution in [0.5, 0.6) is 5.88 Å². The molecule has 1 aliphatic heterocycles. The molecule has 0 N–H and O–H groups in total. The van der Waals surface area contributed by atoms with Crippen molar-refractivity contribution in [2.75, 3.05) is 13.7 Å². The van der Waals surface area contributed by atoms with E-state index in [0.717, 1.165) is 29.9 Å². The van der Waals surface area contributed by atoms with Crippen LogP contribution in [0, 0.1) is 0 Å². The van der Waals surface area contributed by atoms with E-state index in [2.05, 4.69) is 19.9 Å². The topological polar surface area (TPSA) is 72.6 Å². The third-order valence-electron chi connectivity index (χ3n) is 4.24. The van der Waals surface area contributed by atoms with Crippen LogP contribution in [-0.4, -0.2) is 37.9 Å². The zero-order valence-corrected chi connectivity index (χ0v) is 13.3. The molecule has 0 aromatic carbocycles. The van der Waals surface area contributed by atoms with Crippen LogP contribution in [0.3, 0.4) is 0 Å². The maximum atomic E-state index is 12.2.